The molecule has 1 saturated heterocycles. The molecule has 1 rings (SSSR count). The fourth-order valence-corrected chi connectivity index (χ4v) is 1.06. The quantitative estimate of drug-likeness (QED) is 0.443. The molecule has 5 heteroatoms. The second-order valence-corrected chi connectivity index (χ2v) is 2.44. The van der Waals surface area contributed by atoms with E-state index < -0.39 is 24.6 Å². The molecule has 0 aliphatic carbocycles. The molecule has 1 aliphatic rings. The maximum absolute atomic E-state index is 9.15. The van der Waals surface area contributed by atoms with Gasteiger partial charge in [-0.2, -0.15) is 0 Å². The Bertz CT molecular complexity index is 110. The number of hydrogen-bond acceptors (Lipinski definition) is 5. The Kier molecular flexibility index (Phi) is 2.80. The van der Waals surface area contributed by atoms with Crippen LogP contribution in [0.5, 0.6) is 0 Å². The first-order valence-electron chi connectivity index (χ1n) is 3.36. The van der Waals surface area contributed by atoms with Gasteiger partial charge in [-0.05, 0) is 0 Å². The lowest BCUT2D eigenvalue weighted by molar-refractivity contribution is -0.153. The van der Waals surface area contributed by atoms with Gasteiger partial charge < -0.3 is 24.8 Å². The predicted octanol–water partition coefficient (Wildman–Crippen LogP) is -1.93. The zero-order valence-corrected chi connectivity index (χ0v) is 6.17. The van der Waals surface area contributed by atoms with Gasteiger partial charge in [0.25, 0.3) is 0 Å². The average molecular weight is 164 g/mol. The smallest absolute Gasteiger partial charge is 0.186 e. The Hall–Kier alpha value is -0.200. The van der Waals surface area contributed by atoms with Crippen LogP contribution < -0.4 is 0 Å². The summed E-state index contributed by atoms with van der Waals surface area (Å²) < 4.78 is 9.59. The fourth-order valence-electron chi connectivity index (χ4n) is 1.06. The van der Waals surface area contributed by atoms with Gasteiger partial charge in [-0.3, -0.25) is 0 Å². The van der Waals surface area contributed by atoms with Crippen LogP contribution in [0.2, 0.25) is 0 Å². The summed E-state index contributed by atoms with van der Waals surface area (Å²) in [7, 11) is 1.36. The van der Waals surface area contributed by atoms with Crippen LogP contribution >= 0.6 is 0 Å². The Morgan fingerprint density at radius 3 is 2.27 bits per heavy atom. The van der Waals surface area contributed by atoms with E-state index in [0.29, 0.717) is 0 Å². The molecule has 1 unspecified atom stereocenters. The number of aliphatic hydroxyl groups is 3. The number of aliphatic hydroxyl groups excluding tert-OH is 3. The maximum Gasteiger partial charge on any atom is 0.186 e. The van der Waals surface area contributed by atoms with Gasteiger partial charge in [-0.1, -0.05) is 0 Å². The molecule has 66 valence electrons. The van der Waals surface area contributed by atoms with E-state index in [0.717, 1.165) is 0 Å². The van der Waals surface area contributed by atoms with E-state index >= 15 is 0 Å². The summed E-state index contributed by atoms with van der Waals surface area (Å²) in [6.07, 6.45) is -3.71. The molecule has 0 aromatic rings. The van der Waals surface area contributed by atoms with Gasteiger partial charge >= 0.3 is 0 Å². The predicted molar refractivity (Wildman–Crippen MR) is 34.8 cm³/mol. The van der Waals surface area contributed by atoms with Crippen molar-refractivity contribution < 1.29 is 24.8 Å². The summed E-state index contributed by atoms with van der Waals surface area (Å²) >= 11 is 0. The zero-order chi connectivity index (χ0) is 8.43. The van der Waals surface area contributed by atoms with Crippen molar-refractivity contribution in [2.75, 3.05) is 13.7 Å². The molecule has 0 radical (unpaired) electrons. The van der Waals surface area contributed by atoms with Gasteiger partial charge in [0.1, 0.15) is 18.3 Å². The molecule has 0 saturated carbocycles. The van der Waals surface area contributed by atoms with Gasteiger partial charge in [0, 0.05) is 7.11 Å². The van der Waals surface area contributed by atoms with Gasteiger partial charge in [0.2, 0.25) is 0 Å². The molecule has 5 nitrogen and oxygen atoms in total. The van der Waals surface area contributed by atoms with Crippen molar-refractivity contribution >= 4 is 0 Å². The van der Waals surface area contributed by atoms with E-state index in [9.17, 15) is 0 Å². The van der Waals surface area contributed by atoms with E-state index in [-0.39, 0.29) is 6.61 Å². The van der Waals surface area contributed by atoms with Crippen molar-refractivity contribution in [3.63, 3.8) is 0 Å². The summed E-state index contributed by atoms with van der Waals surface area (Å²) in [5.74, 6) is 0. The monoisotopic (exact) mass is 164 g/mol. The third-order valence-corrected chi connectivity index (χ3v) is 1.73. The highest BCUT2D eigenvalue weighted by Gasteiger charge is 2.42. The lowest BCUT2D eigenvalue weighted by atomic mass is 10.1. The fraction of sp³-hybridized carbons (Fsp3) is 1.00. The topological polar surface area (TPSA) is 79.2 Å². The third-order valence-electron chi connectivity index (χ3n) is 1.73. The number of rotatable bonds is 2. The second-order valence-electron chi connectivity index (χ2n) is 2.44. The van der Waals surface area contributed by atoms with Crippen molar-refractivity contribution in [2.24, 2.45) is 0 Å². The van der Waals surface area contributed by atoms with Crippen molar-refractivity contribution in [3.05, 3.63) is 0 Å². The lowest BCUT2D eigenvalue weighted by Crippen LogP contribution is -2.34. The van der Waals surface area contributed by atoms with Crippen molar-refractivity contribution in [1.82, 2.24) is 0 Å². The van der Waals surface area contributed by atoms with E-state index in [1.165, 1.54) is 7.11 Å². The Balaban J connectivity index is 2.53. The number of methoxy groups -OCH3 is 1. The van der Waals surface area contributed by atoms with Crippen LogP contribution in [0.3, 0.4) is 0 Å². The molecule has 0 amide bonds. The highest BCUT2D eigenvalue weighted by atomic mass is 16.7. The zero-order valence-electron chi connectivity index (χ0n) is 6.17. The molecule has 0 spiro atoms. The molecular formula is C6H12O5. The molecule has 0 bridgehead atoms. The van der Waals surface area contributed by atoms with Crippen LogP contribution in [0.1, 0.15) is 0 Å². The minimum atomic E-state index is -1.07. The molecule has 0 aromatic heterocycles. The highest BCUT2D eigenvalue weighted by Crippen LogP contribution is 2.20. The van der Waals surface area contributed by atoms with Crippen LogP contribution in [0.25, 0.3) is 0 Å². The van der Waals surface area contributed by atoms with Crippen molar-refractivity contribution in [1.29, 1.82) is 0 Å². The van der Waals surface area contributed by atoms with Crippen LogP contribution in [0, 0.1) is 0 Å². The molecule has 11 heavy (non-hydrogen) atoms. The lowest BCUT2D eigenvalue weighted by Gasteiger charge is -2.11. The van der Waals surface area contributed by atoms with Crippen molar-refractivity contribution in [3.8, 4) is 0 Å². The minimum absolute atomic E-state index is 0.321. The minimum Gasteiger partial charge on any atom is -0.394 e. The number of hydrogen-bond donors (Lipinski definition) is 3. The summed E-state index contributed by atoms with van der Waals surface area (Å²) in [6.45, 7) is -0.321. The van der Waals surface area contributed by atoms with Crippen molar-refractivity contribution in [2.45, 2.75) is 24.6 Å². The van der Waals surface area contributed by atoms with E-state index in [2.05, 4.69) is 4.74 Å². The number of ether oxygens (including phenoxy) is 2. The van der Waals surface area contributed by atoms with Gasteiger partial charge in [-0.15, -0.1) is 0 Å². The maximum atomic E-state index is 9.15. The first-order chi connectivity index (χ1) is 5.20. The van der Waals surface area contributed by atoms with E-state index in [1.807, 2.05) is 0 Å². The summed E-state index contributed by atoms with van der Waals surface area (Å²) in [4.78, 5) is 0. The molecule has 4 atom stereocenters. The molecular weight excluding hydrogens is 152 g/mol. The molecule has 1 fully saturated rings. The standard InChI is InChI=1S/C6H12O5/c1-10-6-5(9)4(8)3(2-7)11-6/h3-9H,2H2,1H3/t3-,4-,5-,6?/m0/s1. The van der Waals surface area contributed by atoms with Gasteiger partial charge in [0.05, 0.1) is 6.61 Å². The van der Waals surface area contributed by atoms with Gasteiger partial charge in [0.15, 0.2) is 6.29 Å². The van der Waals surface area contributed by atoms with Crippen LogP contribution in [-0.2, 0) is 9.47 Å². The highest BCUT2D eigenvalue weighted by molar-refractivity contribution is 4.85. The first-order valence-corrected chi connectivity index (χ1v) is 3.36. The molecule has 1 heterocycles. The Morgan fingerprint density at radius 1 is 1.36 bits per heavy atom. The van der Waals surface area contributed by atoms with E-state index in [1.54, 1.807) is 0 Å². The Labute approximate surface area is 64.2 Å². The third kappa shape index (κ3) is 1.52. The van der Waals surface area contributed by atoms with E-state index in [4.69, 9.17) is 20.1 Å². The summed E-state index contributed by atoms with van der Waals surface area (Å²) in [5.41, 5.74) is 0. The SMILES string of the molecule is COC1O[C@@H](CO)[C@H](O)[C@@H]1O. The molecule has 3 N–H and O–H groups in total. The van der Waals surface area contributed by atoms with Gasteiger partial charge in [-0.25, -0.2) is 0 Å². The van der Waals surface area contributed by atoms with Crippen LogP contribution in [0.15, 0.2) is 0 Å². The second kappa shape index (κ2) is 3.46. The van der Waals surface area contributed by atoms with Crippen LogP contribution in [-0.4, -0.2) is 53.6 Å². The molecule has 1 aliphatic heterocycles. The van der Waals surface area contributed by atoms with Crippen LogP contribution in [0.4, 0.5) is 0 Å². The average Bonchev–Trinajstić information content (AvgIpc) is 2.30. The normalized spacial score (nSPS) is 44.7. The summed E-state index contributed by atoms with van der Waals surface area (Å²) in [5, 5.41) is 26.9. The largest absolute Gasteiger partial charge is 0.394 e. The Morgan fingerprint density at radius 2 is 2.00 bits per heavy atom. The summed E-state index contributed by atoms with van der Waals surface area (Å²) in [6, 6.07) is 0. The molecule has 0 aromatic carbocycles. The first kappa shape index (κ1) is 8.89.